The second-order valence-electron chi connectivity index (χ2n) is 4.03. The number of hydrogen-bond acceptors (Lipinski definition) is 3. The van der Waals surface area contributed by atoms with Crippen LogP contribution >= 0.6 is 0 Å². The van der Waals surface area contributed by atoms with Crippen molar-refractivity contribution in [1.82, 2.24) is 0 Å². The molecule has 1 aliphatic carbocycles. The van der Waals surface area contributed by atoms with Crippen LogP contribution in [0.4, 0.5) is 0 Å². The van der Waals surface area contributed by atoms with Crippen LogP contribution in [0.5, 0.6) is 0 Å². The van der Waals surface area contributed by atoms with Gasteiger partial charge in [0.05, 0.1) is 12.4 Å². The van der Waals surface area contributed by atoms with Crippen LogP contribution < -0.4 is 0 Å². The third-order valence-corrected chi connectivity index (χ3v) is 3.49. The highest BCUT2D eigenvalue weighted by Gasteiger charge is 2.30. The minimum Gasteiger partial charge on any atom is -0.267 e. The third-order valence-electron chi connectivity index (χ3n) is 2.89. The zero-order chi connectivity index (χ0) is 10.8. The Morgan fingerprint density at radius 1 is 1.43 bits per heavy atom. The molecule has 1 aliphatic rings. The molecule has 1 rings (SSSR count). The van der Waals surface area contributed by atoms with Crippen LogP contribution in [0.3, 0.4) is 0 Å². The Balaban J connectivity index is 2.65. The molecule has 4 heteroatoms. The van der Waals surface area contributed by atoms with Crippen molar-refractivity contribution in [1.29, 1.82) is 0 Å². The Morgan fingerprint density at radius 2 is 2.07 bits per heavy atom. The number of hydrogen-bond donors (Lipinski definition) is 0. The fourth-order valence-electron chi connectivity index (χ4n) is 2.05. The van der Waals surface area contributed by atoms with Gasteiger partial charge >= 0.3 is 0 Å². The van der Waals surface area contributed by atoms with Crippen molar-refractivity contribution in [3.63, 3.8) is 0 Å². The topological polar surface area (TPSA) is 43.4 Å². The van der Waals surface area contributed by atoms with Gasteiger partial charge in [0.25, 0.3) is 10.1 Å². The summed E-state index contributed by atoms with van der Waals surface area (Å²) in [6, 6.07) is 0. The number of rotatable bonds is 3. The van der Waals surface area contributed by atoms with E-state index in [4.69, 9.17) is 4.18 Å². The van der Waals surface area contributed by atoms with E-state index in [9.17, 15) is 8.42 Å². The lowest BCUT2D eigenvalue weighted by molar-refractivity contribution is 0.0854. The first kappa shape index (κ1) is 11.7. The molecule has 82 valence electrons. The Morgan fingerprint density at radius 3 is 2.57 bits per heavy atom. The molecule has 0 aromatic heterocycles. The van der Waals surface area contributed by atoms with Crippen molar-refractivity contribution >= 4 is 10.1 Å². The first-order chi connectivity index (χ1) is 6.44. The summed E-state index contributed by atoms with van der Waals surface area (Å²) in [6.07, 6.45) is 5.79. The van der Waals surface area contributed by atoms with E-state index in [0.29, 0.717) is 5.92 Å². The summed E-state index contributed by atoms with van der Waals surface area (Å²) < 4.78 is 27.0. The summed E-state index contributed by atoms with van der Waals surface area (Å²) in [7, 11) is -3.32. The minimum atomic E-state index is -3.32. The molecular formula is C10H18O3S. The van der Waals surface area contributed by atoms with Gasteiger partial charge in [-0.1, -0.05) is 19.4 Å². The van der Waals surface area contributed by atoms with Crippen LogP contribution in [-0.2, 0) is 14.3 Å². The van der Waals surface area contributed by atoms with Gasteiger partial charge in [0.1, 0.15) is 0 Å². The Bertz CT molecular complexity index is 294. The van der Waals surface area contributed by atoms with Crippen LogP contribution in [-0.4, -0.2) is 20.8 Å². The van der Waals surface area contributed by atoms with Crippen molar-refractivity contribution in [3.8, 4) is 0 Å². The molecule has 0 aliphatic heterocycles. The van der Waals surface area contributed by atoms with Crippen LogP contribution in [0.2, 0.25) is 0 Å². The SMILES string of the molecule is C=C[C@@H]1CCC[C@H](OS(C)(=O)=O)[C@H]1C. The molecule has 0 N–H and O–H groups in total. The summed E-state index contributed by atoms with van der Waals surface area (Å²) >= 11 is 0. The molecule has 1 saturated carbocycles. The van der Waals surface area contributed by atoms with Gasteiger partial charge < -0.3 is 0 Å². The maximum atomic E-state index is 11.0. The summed E-state index contributed by atoms with van der Waals surface area (Å²) in [5, 5.41) is 0. The molecule has 3 atom stereocenters. The average Bonchev–Trinajstić information content (AvgIpc) is 2.06. The summed E-state index contributed by atoms with van der Waals surface area (Å²) in [4.78, 5) is 0. The molecule has 0 saturated heterocycles. The second-order valence-corrected chi connectivity index (χ2v) is 5.63. The quantitative estimate of drug-likeness (QED) is 0.537. The van der Waals surface area contributed by atoms with E-state index in [1.54, 1.807) is 0 Å². The lowest BCUT2D eigenvalue weighted by Crippen LogP contribution is -2.33. The Hall–Kier alpha value is -0.350. The van der Waals surface area contributed by atoms with Gasteiger partial charge in [0, 0.05) is 0 Å². The van der Waals surface area contributed by atoms with Crippen LogP contribution in [0, 0.1) is 11.8 Å². The predicted octanol–water partition coefficient (Wildman–Crippen LogP) is 1.95. The maximum absolute atomic E-state index is 11.0. The molecule has 3 nitrogen and oxygen atoms in total. The first-order valence-corrected chi connectivity index (χ1v) is 6.76. The van der Waals surface area contributed by atoms with Crippen molar-refractivity contribution in [3.05, 3.63) is 12.7 Å². The normalized spacial score (nSPS) is 34.0. The largest absolute Gasteiger partial charge is 0.267 e. The fourth-order valence-corrected chi connectivity index (χ4v) is 2.77. The standard InChI is InChI=1S/C10H18O3S/c1-4-9-6-5-7-10(8(9)2)13-14(3,11)12/h4,8-10H,1,5-7H2,2-3H3/t8-,9+,10-/m0/s1. The average molecular weight is 218 g/mol. The first-order valence-electron chi connectivity index (χ1n) is 4.95. The molecule has 0 aromatic carbocycles. The molecule has 0 bridgehead atoms. The summed E-state index contributed by atoms with van der Waals surface area (Å²) in [5.74, 6) is 0.631. The molecule has 0 aromatic rings. The van der Waals surface area contributed by atoms with Gasteiger partial charge in [0.15, 0.2) is 0 Å². The molecule has 14 heavy (non-hydrogen) atoms. The van der Waals surface area contributed by atoms with E-state index in [1.165, 1.54) is 0 Å². The molecule has 1 fully saturated rings. The molecule has 0 spiro atoms. The maximum Gasteiger partial charge on any atom is 0.264 e. The van der Waals surface area contributed by atoms with Gasteiger partial charge in [-0.2, -0.15) is 8.42 Å². The number of allylic oxidation sites excluding steroid dienone is 1. The molecule has 0 amide bonds. The van der Waals surface area contributed by atoms with E-state index in [2.05, 4.69) is 6.58 Å². The van der Waals surface area contributed by atoms with Crippen LogP contribution in [0.1, 0.15) is 26.2 Å². The van der Waals surface area contributed by atoms with Crippen molar-refractivity contribution < 1.29 is 12.6 Å². The Kier molecular flexibility index (Phi) is 3.72. The highest BCUT2D eigenvalue weighted by Crippen LogP contribution is 2.33. The van der Waals surface area contributed by atoms with Gasteiger partial charge in [-0.25, -0.2) is 0 Å². The van der Waals surface area contributed by atoms with Gasteiger partial charge in [-0.15, -0.1) is 6.58 Å². The summed E-state index contributed by atoms with van der Waals surface area (Å²) in [5.41, 5.74) is 0. The van der Waals surface area contributed by atoms with Crippen molar-refractivity contribution in [2.24, 2.45) is 11.8 Å². The molecule has 0 heterocycles. The smallest absolute Gasteiger partial charge is 0.264 e. The van der Waals surface area contributed by atoms with E-state index in [0.717, 1.165) is 25.5 Å². The van der Waals surface area contributed by atoms with Crippen LogP contribution in [0.25, 0.3) is 0 Å². The highest BCUT2D eigenvalue weighted by molar-refractivity contribution is 7.86. The van der Waals surface area contributed by atoms with Crippen molar-refractivity contribution in [2.75, 3.05) is 6.26 Å². The molecular weight excluding hydrogens is 200 g/mol. The lowest BCUT2D eigenvalue weighted by Gasteiger charge is -2.33. The van der Waals surface area contributed by atoms with E-state index < -0.39 is 10.1 Å². The van der Waals surface area contributed by atoms with E-state index >= 15 is 0 Å². The molecule has 0 radical (unpaired) electrons. The van der Waals surface area contributed by atoms with E-state index in [-0.39, 0.29) is 12.0 Å². The zero-order valence-electron chi connectivity index (χ0n) is 8.77. The third kappa shape index (κ3) is 3.10. The van der Waals surface area contributed by atoms with Gasteiger partial charge in [0.2, 0.25) is 0 Å². The van der Waals surface area contributed by atoms with Gasteiger partial charge in [-0.05, 0) is 24.7 Å². The highest BCUT2D eigenvalue weighted by atomic mass is 32.2. The second kappa shape index (κ2) is 4.45. The van der Waals surface area contributed by atoms with Gasteiger partial charge in [-0.3, -0.25) is 4.18 Å². The monoisotopic (exact) mass is 218 g/mol. The predicted molar refractivity (Wildman–Crippen MR) is 56.4 cm³/mol. The fraction of sp³-hybridized carbons (Fsp3) is 0.800. The summed E-state index contributed by atoms with van der Waals surface area (Å²) in [6.45, 7) is 5.79. The minimum absolute atomic E-state index is 0.165. The Labute approximate surface area is 86.3 Å². The lowest BCUT2D eigenvalue weighted by atomic mass is 9.78. The molecule has 0 unspecified atom stereocenters. The van der Waals surface area contributed by atoms with E-state index in [1.807, 2.05) is 13.0 Å². The van der Waals surface area contributed by atoms with Crippen LogP contribution in [0.15, 0.2) is 12.7 Å². The zero-order valence-corrected chi connectivity index (χ0v) is 9.59. The van der Waals surface area contributed by atoms with Crippen molar-refractivity contribution in [2.45, 2.75) is 32.3 Å².